The van der Waals surface area contributed by atoms with Gasteiger partial charge in [-0.2, -0.15) is 11.8 Å². The number of hydrogen-bond acceptors (Lipinski definition) is 6. The molecular formula is C21H26N2O4S. The number of furan rings is 1. The minimum Gasteiger partial charge on any atom is -0.462 e. The van der Waals surface area contributed by atoms with Crippen molar-refractivity contribution in [2.75, 3.05) is 37.7 Å². The summed E-state index contributed by atoms with van der Waals surface area (Å²) in [6, 6.07) is 7.39. The second-order valence-electron chi connectivity index (χ2n) is 7.18. The highest BCUT2D eigenvalue weighted by molar-refractivity contribution is 7.99. The maximum absolute atomic E-state index is 13.0. The Morgan fingerprint density at radius 3 is 2.79 bits per heavy atom. The summed E-state index contributed by atoms with van der Waals surface area (Å²) in [6.07, 6.45) is 1.84. The summed E-state index contributed by atoms with van der Waals surface area (Å²) in [5, 5.41) is 0.770. The van der Waals surface area contributed by atoms with Crippen molar-refractivity contribution in [1.82, 2.24) is 9.80 Å². The highest BCUT2D eigenvalue weighted by Gasteiger charge is 2.36. The van der Waals surface area contributed by atoms with Crippen molar-refractivity contribution in [3.63, 3.8) is 0 Å². The van der Waals surface area contributed by atoms with Gasteiger partial charge in [-0.05, 0) is 32.4 Å². The Kier molecular flexibility index (Phi) is 5.92. The number of thioether (sulfide) groups is 1. The summed E-state index contributed by atoms with van der Waals surface area (Å²) >= 11 is 1.90. The molecule has 1 aromatic carbocycles. The third kappa shape index (κ3) is 3.78. The average Bonchev–Trinajstić information content (AvgIpc) is 3.32. The Morgan fingerprint density at radius 2 is 2.00 bits per heavy atom. The minimum atomic E-state index is -0.363. The van der Waals surface area contributed by atoms with Crippen LogP contribution in [0.4, 0.5) is 0 Å². The quantitative estimate of drug-likeness (QED) is 0.716. The second-order valence-corrected chi connectivity index (χ2v) is 8.41. The number of nitrogens with zero attached hydrogens (tertiary/aromatic N) is 2. The van der Waals surface area contributed by atoms with E-state index < -0.39 is 0 Å². The molecule has 2 aromatic rings. The van der Waals surface area contributed by atoms with E-state index in [0.717, 1.165) is 49.4 Å². The first-order valence-corrected chi connectivity index (χ1v) is 11.1. The highest BCUT2D eigenvalue weighted by atomic mass is 32.2. The fraction of sp³-hybridized carbons (Fsp3) is 0.524. The number of benzene rings is 1. The Bertz CT molecular complexity index is 859. The van der Waals surface area contributed by atoms with Gasteiger partial charge in [0, 0.05) is 30.0 Å². The molecule has 28 heavy (non-hydrogen) atoms. The lowest BCUT2D eigenvalue weighted by Crippen LogP contribution is -2.48. The fourth-order valence-corrected chi connectivity index (χ4v) is 5.01. The number of amides is 1. The number of fused-ring (bicyclic) bond motifs is 1. The van der Waals surface area contributed by atoms with Crippen LogP contribution in [0.25, 0.3) is 11.0 Å². The van der Waals surface area contributed by atoms with Gasteiger partial charge in [0.05, 0.1) is 19.2 Å². The molecule has 3 heterocycles. The van der Waals surface area contributed by atoms with Crippen LogP contribution >= 0.6 is 11.8 Å². The maximum Gasteiger partial charge on any atom is 0.342 e. The predicted molar refractivity (Wildman–Crippen MR) is 110 cm³/mol. The van der Waals surface area contributed by atoms with Gasteiger partial charge in [-0.25, -0.2) is 4.79 Å². The predicted octanol–water partition coefficient (Wildman–Crippen LogP) is 3.15. The Balaban J connectivity index is 1.59. The molecule has 0 spiro atoms. The largest absolute Gasteiger partial charge is 0.462 e. The van der Waals surface area contributed by atoms with Crippen molar-refractivity contribution in [2.24, 2.45) is 0 Å². The monoisotopic (exact) mass is 402 g/mol. The van der Waals surface area contributed by atoms with Crippen LogP contribution in [0.15, 0.2) is 28.7 Å². The summed E-state index contributed by atoms with van der Waals surface area (Å²) in [7, 11) is 0. The normalized spacial score (nSPS) is 20.6. The number of hydrogen-bond donors (Lipinski definition) is 0. The summed E-state index contributed by atoms with van der Waals surface area (Å²) in [5.74, 6) is 2.46. The Morgan fingerprint density at radius 1 is 1.21 bits per heavy atom. The Labute approximate surface area is 169 Å². The third-order valence-corrected chi connectivity index (χ3v) is 6.41. The van der Waals surface area contributed by atoms with E-state index >= 15 is 0 Å². The standard InChI is InChI=1S/C21H26N2O4S/c1-2-26-21(25)19-15-6-3-4-8-17(15)27-18(19)14-23-9-5-7-16(23)20(24)22-10-12-28-13-11-22/h3-4,6,8,16H,2,5,7,9-14H2,1H3. The molecule has 0 aliphatic carbocycles. The van der Waals surface area contributed by atoms with E-state index in [1.54, 1.807) is 6.92 Å². The summed E-state index contributed by atoms with van der Waals surface area (Å²) in [5.41, 5.74) is 1.17. The molecule has 6 nitrogen and oxygen atoms in total. The number of rotatable bonds is 5. The van der Waals surface area contributed by atoms with Crippen LogP contribution in [0.2, 0.25) is 0 Å². The molecule has 2 saturated heterocycles. The van der Waals surface area contributed by atoms with Gasteiger partial charge in [0.1, 0.15) is 16.9 Å². The van der Waals surface area contributed by atoms with Crippen molar-refractivity contribution in [2.45, 2.75) is 32.4 Å². The second kappa shape index (κ2) is 8.57. The maximum atomic E-state index is 13.0. The number of para-hydroxylation sites is 1. The van der Waals surface area contributed by atoms with Gasteiger partial charge in [0.15, 0.2) is 0 Å². The topological polar surface area (TPSA) is 63.0 Å². The molecule has 7 heteroatoms. The molecule has 0 N–H and O–H groups in total. The van der Waals surface area contributed by atoms with Crippen LogP contribution in [-0.4, -0.2) is 65.5 Å². The van der Waals surface area contributed by atoms with Gasteiger partial charge < -0.3 is 14.1 Å². The molecule has 2 aliphatic rings. The number of likely N-dealkylation sites (tertiary alicyclic amines) is 1. The van der Waals surface area contributed by atoms with Crippen molar-refractivity contribution >= 4 is 34.6 Å². The molecule has 1 amide bonds. The van der Waals surface area contributed by atoms with E-state index in [4.69, 9.17) is 9.15 Å². The van der Waals surface area contributed by atoms with Gasteiger partial charge in [-0.3, -0.25) is 9.69 Å². The van der Waals surface area contributed by atoms with Crippen LogP contribution in [0.3, 0.4) is 0 Å². The van der Waals surface area contributed by atoms with E-state index in [9.17, 15) is 9.59 Å². The van der Waals surface area contributed by atoms with Gasteiger partial charge in [-0.15, -0.1) is 0 Å². The van der Waals surface area contributed by atoms with Crippen molar-refractivity contribution in [3.8, 4) is 0 Å². The molecule has 1 atom stereocenters. The summed E-state index contributed by atoms with van der Waals surface area (Å²) in [6.45, 7) is 5.04. The van der Waals surface area contributed by atoms with E-state index in [2.05, 4.69) is 4.90 Å². The molecule has 4 rings (SSSR count). The number of esters is 1. The zero-order chi connectivity index (χ0) is 19.5. The molecule has 0 radical (unpaired) electrons. The molecule has 2 aliphatic heterocycles. The summed E-state index contributed by atoms with van der Waals surface area (Å²) in [4.78, 5) is 29.8. The van der Waals surface area contributed by atoms with Crippen LogP contribution < -0.4 is 0 Å². The van der Waals surface area contributed by atoms with Gasteiger partial charge in [0.2, 0.25) is 5.91 Å². The summed E-state index contributed by atoms with van der Waals surface area (Å²) < 4.78 is 11.3. The Hall–Kier alpha value is -1.99. The van der Waals surface area contributed by atoms with Crippen molar-refractivity contribution in [3.05, 3.63) is 35.6 Å². The molecule has 150 valence electrons. The third-order valence-electron chi connectivity index (χ3n) is 5.47. The smallest absolute Gasteiger partial charge is 0.342 e. The van der Waals surface area contributed by atoms with Crippen LogP contribution in [0.5, 0.6) is 0 Å². The SMILES string of the molecule is CCOC(=O)c1c(CN2CCCC2C(=O)N2CCSCC2)oc2ccccc12. The van der Waals surface area contributed by atoms with E-state index in [1.165, 1.54) is 0 Å². The zero-order valence-electron chi connectivity index (χ0n) is 16.2. The number of ether oxygens (including phenoxy) is 1. The van der Waals surface area contributed by atoms with E-state index in [1.807, 2.05) is 40.9 Å². The first kappa shape index (κ1) is 19.3. The molecule has 0 bridgehead atoms. The van der Waals surface area contributed by atoms with Gasteiger partial charge in [-0.1, -0.05) is 18.2 Å². The van der Waals surface area contributed by atoms with E-state index in [0.29, 0.717) is 30.1 Å². The van der Waals surface area contributed by atoms with Crippen molar-refractivity contribution in [1.29, 1.82) is 0 Å². The van der Waals surface area contributed by atoms with Gasteiger partial charge >= 0.3 is 5.97 Å². The average molecular weight is 403 g/mol. The molecule has 1 aromatic heterocycles. The molecule has 2 fully saturated rings. The fourth-order valence-electron chi connectivity index (χ4n) is 4.11. The number of carbonyl (C=O) groups excluding carboxylic acids is 2. The first-order chi connectivity index (χ1) is 13.7. The first-order valence-electron chi connectivity index (χ1n) is 9.97. The lowest BCUT2D eigenvalue weighted by Gasteiger charge is -2.32. The molecule has 0 saturated carbocycles. The highest BCUT2D eigenvalue weighted by Crippen LogP contribution is 2.30. The molecule has 1 unspecified atom stereocenters. The number of carbonyl (C=O) groups is 2. The van der Waals surface area contributed by atoms with Gasteiger partial charge in [0.25, 0.3) is 0 Å². The molecular weight excluding hydrogens is 376 g/mol. The van der Waals surface area contributed by atoms with E-state index in [-0.39, 0.29) is 17.9 Å². The minimum absolute atomic E-state index is 0.133. The lowest BCUT2D eigenvalue weighted by molar-refractivity contribution is -0.135. The van der Waals surface area contributed by atoms with Crippen LogP contribution in [0.1, 0.15) is 35.9 Å². The van der Waals surface area contributed by atoms with Crippen molar-refractivity contribution < 1.29 is 18.7 Å². The van der Waals surface area contributed by atoms with Crippen LogP contribution in [0, 0.1) is 0 Å². The van der Waals surface area contributed by atoms with Crippen LogP contribution in [-0.2, 0) is 16.1 Å². The lowest BCUT2D eigenvalue weighted by atomic mass is 10.1. The zero-order valence-corrected chi connectivity index (χ0v) is 17.0.